The van der Waals surface area contributed by atoms with E-state index in [-0.39, 0.29) is 6.04 Å². The Kier molecular flexibility index (Phi) is 4.00. The van der Waals surface area contributed by atoms with Crippen LogP contribution in [-0.4, -0.2) is 53.1 Å². The number of rotatable bonds is 3. The van der Waals surface area contributed by atoms with Gasteiger partial charge in [0.25, 0.3) is 0 Å². The summed E-state index contributed by atoms with van der Waals surface area (Å²) in [7, 11) is 2.16. The molecule has 0 radical (unpaired) electrons. The number of hydrogen-bond acceptors (Lipinski definition) is 3. The largest absolute Gasteiger partial charge is 0.508 e. The van der Waals surface area contributed by atoms with Crippen molar-refractivity contribution in [3.63, 3.8) is 0 Å². The molecule has 4 rings (SSSR count). The Morgan fingerprint density at radius 2 is 1.62 bits per heavy atom. The van der Waals surface area contributed by atoms with Gasteiger partial charge in [-0.1, -0.05) is 36.4 Å². The number of hydrogen-bond donors (Lipinski definition) is 2. The highest BCUT2D eigenvalue weighted by molar-refractivity contribution is 5.84. The third-order valence-corrected chi connectivity index (χ3v) is 5.05. The van der Waals surface area contributed by atoms with E-state index in [4.69, 9.17) is 0 Å². The van der Waals surface area contributed by atoms with Crippen LogP contribution in [0.4, 0.5) is 0 Å². The van der Waals surface area contributed by atoms with Crippen LogP contribution in [0, 0.1) is 0 Å². The van der Waals surface area contributed by atoms with Crippen molar-refractivity contribution in [3.05, 3.63) is 65.9 Å². The maximum Gasteiger partial charge on any atom is 0.120 e. The molecule has 4 nitrogen and oxygen atoms in total. The van der Waals surface area contributed by atoms with E-state index in [2.05, 4.69) is 46.2 Å². The summed E-state index contributed by atoms with van der Waals surface area (Å²) in [4.78, 5) is 8.22. The van der Waals surface area contributed by atoms with Gasteiger partial charge >= 0.3 is 0 Å². The molecule has 2 aromatic carbocycles. The van der Waals surface area contributed by atoms with E-state index in [1.165, 1.54) is 10.9 Å². The molecule has 1 aromatic heterocycles. The molecule has 1 unspecified atom stereocenters. The first-order chi connectivity index (χ1) is 11.7. The number of fused-ring (bicyclic) bond motifs is 1. The van der Waals surface area contributed by atoms with Crippen LogP contribution in [0.1, 0.15) is 17.2 Å². The van der Waals surface area contributed by atoms with Crippen molar-refractivity contribution in [1.29, 1.82) is 0 Å². The zero-order valence-corrected chi connectivity index (χ0v) is 13.9. The predicted octanol–water partition coefficient (Wildman–Crippen LogP) is 3.21. The zero-order chi connectivity index (χ0) is 16.5. The number of H-pyrrole nitrogens is 1. The van der Waals surface area contributed by atoms with Gasteiger partial charge in [0.15, 0.2) is 0 Å². The summed E-state index contributed by atoms with van der Waals surface area (Å²) in [6, 6.07) is 16.2. The summed E-state index contributed by atoms with van der Waals surface area (Å²) in [5, 5.41) is 11.7. The highest BCUT2D eigenvalue weighted by Gasteiger charge is 2.28. The normalized spacial score (nSPS) is 18.0. The van der Waals surface area contributed by atoms with Crippen molar-refractivity contribution in [2.75, 3.05) is 33.2 Å². The summed E-state index contributed by atoms with van der Waals surface area (Å²) in [6.07, 6.45) is 2.10. The van der Waals surface area contributed by atoms with E-state index in [0.717, 1.165) is 37.3 Å². The lowest BCUT2D eigenvalue weighted by Crippen LogP contribution is -2.46. The summed E-state index contributed by atoms with van der Waals surface area (Å²) < 4.78 is 0. The van der Waals surface area contributed by atoms with Gasteiger partial charge < -0.3 is 15.0 Å². The third kappa shape index (κ3) is 2.68. The number of nitrogens with zero attached hydrogens (tertiary/aromatic N) is 2. The van der Waals surface area contributed by atoms with Gasteiger partial charge in [-0.3, -0.25) is 4.90 Å². The molecule has 1 fully saturated rings. The predicted molar refractivity (Wildman–Crippen MR) is 97.3 cm³/mol. The van der Waals surface area contributed by atoms with Crippen LogP contribution in [0.5, 0.6) is 5.75 Å². The lowest BCUT2D eigenvalue weighted by atomic mass is 9.95. The Labute approximate surface area is 142 Å². The number of likely N-dealkylation sites (N-methyl/N-ethyl adjacent to an activating group) is 1. The molecule has 0 spiro atoms. The Morgan fingerprint density at radius 1 is 0.917 bits per heavy atom. The number of piperazine rings is 1. The van der Waals surface area contributed by atoms with E-state index in [1.54, 1.807) is 6.07 Å². The molecule has 1 atom stereocenters. The molecule has 2 heterocycles. The second-order valence-electron chi connectivity index (χ2n) is 6.59. The lowest BCUT2D eigenvalue weighted by Gasteiger charge is -2.38. The molecule has 2 N–H and O–H groups in total. The minimum Gasteiger partial charge on any atom is -0.508 e. The van der Waals surface area contributed by atoms with Gasteiger partial charge in [0.1, 0.15) is 5.75 Å². The molecule has 124 valence electrons. The molecular weight excluding hydrogens is 298 g/mol. The van der Waals surface area contributed by atoms with Gasteiger partial charge in [-0.15, -0.1) is 0 Å². The van der Waals surface area contributed by atoms with Crippen LogP contribution in [0.25, 0.3) is 10.9 Å². The zero-order valence-electron chi connectivity index (χ0n) is 13.9. The summed E-state index contributed by atoms with van der Waals surface area (Å²) in [5.74, 6) is 0.367. The summed E-state index contributed by atoms with van der Waals surface area (Å²) >= 11 is 0. The molecule has 0 saturated carbocycles. The van der Waals surface area contributed by atoms with Gasteiger partial charge in [-0.05, 0) is 24.7 Å². The highest BCUT2D eigenvalue weighted by atomic mass is 16.3. The fourth-order valence-corrected chi connectivity index (χ4v) is 3.68. The fourth-order valence-electron chi connectivity index (χ4n) is 3.68. The van der Waals surface area contributed by atoms with E-state index < -0.39 is 0 Å². The fraction of sp³-hybridized carbons (Fsp3) is 0.300. The quantitative estimate of drug-likeness (QED) is 0.778. The number of para-hydroxylation sites is 2. The van der Waals surface area contributed by atoms with E-state index in [0.29, 0.717) is 5.75 Å². The minimum atomic E-state index is 0.0658. The molecule has 0 aliphatic carbocycles. The molecule has 24 heavy (non-hydrogen) atoms. The van der Waals surface area contributed by atoms with Crippen LogP contribution in [0.2, 0.25) is 0 Å². The SMILES string of the molecule is CN1CCN(C(c2ccccc2O)c2c[nH]c3ccccc23)CC1. The van der Waals surface area contributed by atoms with Gasteiger partial charge in [0.05, 0.1) is 6.04 Å². The number of phenolic OH excluding ortho intramolecular Hbond substituents is 1. The van der Waals surface area contributed by atoms with E-state index in [9.17, 15) is 5.11 Å². The van der Waals surface area contributed by atoms with Crippen molar-refractivity contribution >= 4 is 10.9 Å². The second-order valence-corrected chi connectivity index (χ2v) is 6.59. The Hall–Kier alpha value is -2.30. The number of nitrogens with one attached hydrogen (secondary N) is 1. The van der Waals surface area contributed by atoms with E-state index >= 15 is 0 Å². The maximum absolute atomic E-state index is 10.5. The first-order valence-corrected chi connectivity index (χ1v) is 8.50. The molecule has 1 aliphatic heterocycles. The van der Waals surface area contributed by atoms with Crippen molar-refractivity contribution in [2.24, 2.45) is 0 Å². The van der Waals surface area contributed by atoms with Crippen molar-refractivity contribution in [1.82, 2.24) is 14.8 Å². The van der Waals surface area contributed by atoms with E-state index in [1.807, 2.05) is 24.3 Å². The molecular formula is C20H23N3O. The number of aromatic amines is 1. The summed E-state index contributed by atoms with van der Waals surface area (Å²) in [5.41, 5.74) is 3.35. The number of aromatic nitrogens is 1. The van der Waals surface area contributed by atoms with Crippen LogP contribution in [0.3, 0.4) is 0 Å². The summed E-state index contributed by atoms with van der Waals surface area (Å²) in [6.45, 7) is 4.09. The molecule has 1 saturated heterocycles. The van der Waals surface area contributed by atoms with Crippen LogP contribution >= 0.6 is 0 Å². The smallest absolute Gasteiger partial charge is 0.120 e. The Bertz CT molecular complexity index is 834. The van der Waals surface area contributed by atoms with Crippen molar-refractivity contribution in [2.45, 2.75) is 6.04 Å². The average molecular weight is 321 g/mol. The molecule has 4 heteroatoms. The number of benzene rings is 2. The molecule has 1 aliphatic rings. The second kappa shape index (κ2) is 6.30. The average Bonchev–Trinajstić information content (AvgIpc) is 3.02. The van der Waals surface area contributed by atoms with Crippen LogP contribution in [0.15, 0.2) is 54.7 Å². The standard InChI is InChI=1S/C20H23N3O/c1-22-10-12-23(13-11-22)20(16-7-3-5-9-19(16)24)17-14-21-18-8-4-2-6-15(17)18/h2-9,14,20-21,24H,10-13H2,1H3. The minimum absolute atomic E-state index is 0.0658. The lowest BCUT2D eigenvalue weighted by molar-refractivity contribution is 0.126. The first kappa shape index (κ1) is 15.2. The van der Waals surface area contributed by atoms with Gasteiger partial charge in [0, 0.05) is 48.8 Å². The number of aromatic hydroxyl groups is 1. The third-order valence-electron chi connectivity index (χ3n) is 5.05. The first-order valence-electron chi connectivity index (χ1n) is 8.50. The van der Waals surface area contributed by atoms with Gasteiger partial charge in [0.2, 0.25) is 0 Å². The Morgan fingerprint density at radius 3 is 2.42 bits per heavy atom. The van der Waals surface area contributed by atoms with Crippen molar-refractivity contribution in [3.8, 4) is 5.75 Å². The van der Waals surface area contributed by atoms with Gasteiger partial charge in [-0.25, -0.2) is 0 Å². The molecule has 0 amide bonds. The molecule has 0 bridgehead atoms. The molecule has 3 aromatic rings. The van der Waals surface area contributed by atoms with Gasteiger partial charge in [-0.2, -0.15) is 0 Å². The topological polar surface area (TPSA) is 42.5 Å². The monoisotopic (exact) mass is 321 g/mol. The van der Waals surface area contributed by atoms with Crippen LogP contribution < -0.4 is 0 Å². The Balaban J connectivity index is 1.83. The van der Waals surface area contributed by atoms with Crippen LogP contribution in [-0.2, 0) is 0 Å². The highest BCUT2D eigenvalue weighted by Crippen LogP contribution is 2.37. The maximum atomic E-state index is 10.5. The number of phenols is 1. The van der Waals surface area contributed by atoms with Crippen molar-refractivity contribution < 1.29 is 5.11 Å².